The maximum absolute atomic E-state index is 11.6. The number of carbonyl (C=O) groups excluding carboxylic acids is 1. The summed E-state index contributed by atoms with van der Waals surface area (Å²) >= 11 is 0. The molecule has 0 saturated heterocycles. The van der Waals surface area contributed by atoms with Crippen LogP contribution in [0.15, 0.2) is 24.3 Å². The van der Waals surface area contributed by atoms with Gasteiger partial charge in [-0.25, -0.2) is 4.79 Å². The lowest BCUT2D eigenvalue weighted by Crippen LogP contribution is -2.19. The number of hydrogen-bond acceptors (Lipinski definition) is 5. The fraction of sp³-hybridized carbons (Fsp3) is 0.438. The quantitative estimate of drug-likeness (QED) is 0.485. The van der Waals surface area contributed by atoms with Crippen LogP contribution >= 0.6 is 0 Å². The SMILES string of the molecule is COC(=O)c1cc2c(OCCCNCCCO)cccc2[nH]1. The minimum atomic E-state index is -0.393. The van der Waals surface area contributed by atoms with Gasteiger partial charge in [0.05, 0.1) is 13.7 Å². The van der Waals surface area contributed by atoms with Gasteiger partial charge < -0.3 is 24.9 Å². The molecule has 0 fully saturated rings. The maximum atomic E-state index is 11.6. The Kier molecular flexibility index (Phi) is 6.24. The third-order valence-corrected chi connectivity index (χ3v) is 3.30. The number of carbonyl (C=O) groups is 1. The van der Waals surface area contributed by atoms with Gasteiger partial charge in [-0.3, -0.25) is 0 Å². The van der Waals surface area contributed by atoms with Crippen molar-refractivity contribution in [1.29, 1.82) is 0 Å². The Morgan fingerprint density at radius 3 is 2.91 bits per heavy atom. The van der Waals surface area contributed by atoms with E-state index in [0.29, 0.717) is 12.3 Å². The molecule has 2 rings (SSSR count). The zero-order valence-electron chi connectivity index (χ0n) is 12.7. The molecule has 2 aromatic rings. The average molecular weight is 306 g/mol. The zero-order chi connectivity index (χ0) is 15.8. The van der Waals surface area contributed by atoms with Crippen LogP contribution in [0.2, 0.25) is 0 Å². The molecule has 0 unspecified atom stereocenters. The number of aliphatic hydroxyl groups is 1. The number of rotatable bonds is 9. The standard InChI is InChI=1S/C16H22N2O4/c1-21-16(20)14-11-12-13(18-14)5-2-6-15(12)22-10-4-8-17-7-3-9-19/h2,5-6,11,17-19H,3-4,7-10H2,1H3. The lowest BCUT2D eigenvalue weighted by Gasteiger charge is -2.08. The first-order chi connectivity index (χ1) is 10.8. The molecular formula is C16H22N2O4. The van der Waals surface area contributed by atoms with E-state index in [2.05, 4.69) is 10.3 Å². The number of benzene rings is 1. The smallest absolute Gasteiger partial charge is 0.354 e. The second kappa shape index (κ2) is 8.41. The molecule has 6 heteroatoms. The normalized spacial score (nSPS) is 10.8. The number of aliphatic hydroxyl groups excluding tert-OH is 1. The summed E-state index contributed by atoms with van der Waals surface area (Å²) in [6.45, 7) is 2.45. The molecule has 0 aliphatic rings. The van der Waals surface area contributed by atoms with Crippen LogP contribution in [-0.4, -0.2) is 49.5 Å². The van der Waals surface area contributed by atoms with E-state index in [9.17, 15) is 4.79 Å². The summed E-state index contributed by atoms with van der Waals surface area (Å²) < 4.78 is 10.5. The number of methoxy groups -OCH3 is 1. The predicted octanol–water partition coefficient (Wildman–Crippen LogP) is 1.70. The summed E-state index contributed by atoms with van der Waals surface area (Å²) in [4.78, 5) is 14.6. The number of aromatic nitrogens is 1. The van der Waals surface area contributed by atoms with E-state index in [1.165, 1.54) is 7.11 Å². The Labute approximate surface area is 129 Å². The summed E-state index contributed by atoms with van der Waals surface area (Å²) in [5.41, 5.74) is 1.26. The molecule has 0 saturated carbocycles. The molecule has 1 heterocycles. The van der Waals surface area contributed by atoms with Crippen molar-refractivity contribution in [3.8, 4) is 5.75 Å². The van der Waals surface area contributed by atoms with Crippen molar-refractivity contribution >= 4 is 16.9 Å². The molecule has 120 valence electrons. The minimum absolute atomic E-state index is 0.210. The van der Waals surface area contributed by atoms with Crippen molar-refractivity contribution in [2.24, 2.45) is 0 Å². The first-order valence-corrected chi connectivity index (χ1v) is 7.40. The molecule has 22 heavy (non-hydrogen) atoms. The molecule has 0 atom stereocenters. The van der Waals surface area contributed by atoms with Gasteiger partial charge >= 0.3 is 5.97 Å². The van der Waals surface area contributed by atoms with Gasteiger partial charge in [-0.1, -0.05) is 6.07 Å². The highest BCUT2D eigenvalue weighted by Gasteiger charge is 2.12. The second-order valence-corrected chi connectivity index (χ2v) is 4.92. The summed E-state index contributed by atoms with van der Waals surface area (Å²) in [6, 6.07) is 7.41. The summed E-state index contributed by atoms with van der Waals surface area (Å²) in [6.07, 6.45) is 1.63. The van der Waals surface area contributed by atoms with Crippen LogP contribution in [0.3, 0.4) is 0 Å². The lowest BCUT2D eigenvalue weighted by molar-refractivity contribution is 0.0595. The number of fused-ring (bicyclic) bond motifs is 1. The number of esters is 1. The highest BCUT2D eigenvalue weighted by Crippen LogP contribution is 2.26. The summed E-state index contributed by atoms with van der Waals surface area (Å²) in [5.74, 6) is 0.356. The third kappa shape index (κ3) is 4.22. The molecule has 0 bridgehead atoms. The molecule has 0 amide bonds. The number of nitrogens with one attached hydrogen (secondary N) is 2. The lowest BCUT2D eigenvalue weighted by atomic mass is 10.2. The van der Waals surface area contributed by atoms with Crippen molar-refractivity contribution in [1.82, 2.24) is 10.3 Å². The van der Waals surface area contributed by atoms with Crippen molar-refractivity contribution < 1.29 is 19.4 Å². The van der Waals surface area contributed by atoms with Gasteiger partial charge in [-0.15, -0.1) is 0 Å². The average Bonchev–Trinajstić information content (AvgIpc) is 2.98. The van der Waals surface area contributed by atoms with Gasteiger partial charge in [0.1, 0.15) is 11.4 Å². The Hall–Kier alpha value is -2.05. The van der Waals surface area contributed by atoms with Crippen LogP contribution in [0.1, 0.15) is 23.3 Å². The molecule has 0 aliphatic heterocycles. The van der Waals surface area contributed by atoms with E-state index < -0.39 is 5.97 Å². The molecule has 0 spiro atoms. The fourth-order valence-electron chi connectivity index (χ4n) is 2.18. The van der Waals surface area contributed by atoms with Crippen molar-refractivity contribution in [3.63, 3.8) is 0 Å². The Morgan fingerprint density at radius 1 is 1.32 bits per heavy atom. The summed E-state index contributed by atoms with van der Waals surface area (Å²) in [5, 5.41) is 12.8. The highest BCUT2D eigenvalue weighted by molar-refractivity contribution is 5.96. The molecule has 6 nitrogen and oxygen atoms in total. The van der Waals surface area contributed by atoms with E-state index in [0.717, 1.165) is 42.6 Å². The minimum Gasteiger partial charge on any atom is -0.493 e. The van der Waals surface area contributed by atoms with E-state index in [1.807, 2.05) is 18.2 Å². The van der Waals surface area contributed by atoms with Gasteiger partial charge in [-0.05, 0) is 44.1 Å². The van der Waals surface area contributed by atoms with Gasteiger partial charge in [0.2, 0.25) is 0 Å². The summed E-state index contributed by atoms with van der Waals surface area (Å²) in [7, 11) is 1.36. The fourth-order valence-corrected chi connectivity index (χ4v) is 2.18. The molecule has 1 aromatic carbocycles. The van der Waals surface area contributed by atoms with Crippen molar-refractivity contribution in [2.75, 3.05) is 33.4 Å². The van der Waals surface area contributed by atoms with Gasteiger partial charge in [-0.2, -0.15) is 0 Å². The molecule has 0 radical (unpaired) electrons. The number of hydrogen-bond donors (Lipinski definition) is 3. The van der Waals surface area contributed by atoms with Crippen LogP contribution in [0.5, 0.6) is 5.75 Å². The van der Waals surface area contributed by atoms with Gasteiger partial charge in [0.15, 0.2) is 0 Å². The highest BCUT2D eigenvalue weighted by atomic mass is 16.5. The van der Waals surface area contributed by atoms with Gasteiger partial charge in [0.25, 0.3) is 0 Å². The molecular weight excluding hydrogens is 284 g/mol. The van der Waals surface area contributed by atoms with E-state index in [4.69, 9.17) is 14.6 Å². The predicted molar refractivity (Wildman–Crippen MR) is 84.3 cm³/mol. The molecule has 1 aromatic heterocycles. The first-order valence-electron chi connectivity index (χ1n) is 7.40. The third-order valence-electron chi connectivity index (χ3n) is 3.30. The maximum Gasteiger partial charge on any atom is 0.354 e. The molecule has 0 aliphatic carbocycles. The zero-order valence-corrected chi connectivity index (χ0v) is 12.7. The number of ether oxygens (including phenoxy) is 2. The van der Waals surface area contributed by atoms with Crippen LogP contribution in [0.4, 0.5) is 0 Å². The first kappa shape index (κ1) is 16.3. The van der Waals surface area contributed by atoms with E-state index >= 15 is 0 Å². The second-order valence-electron chi connectivity index (χ2n) is 4.92. The largest absolute Gasteiger partial charge is 0.493 e. The number of aromatic amines is 1. The topological polar surface area (TPSA) is 83.6 Å². The Morgan fingerprint density at radius 2 is 2.14 bits per heavy atom. The van der Waals surface area contributed by atoms with Crippen molar-refractivity contribution in [3.05, 3.63) is 30.0 Å². The van der Waals surface area contributed by atoms with Crippen LogP contribution in [-0.2, 0) is 4.74 Å². The van der Waals surface area contributed by atoms with E-state index in [1.54, 1.807) is 6.07 Å². The van der Waals surface area contributed by atoms with Crippen LogP contribution < -0.4 is 10.1 Å². The monoisotopic (exact) mass is 306 g/mol. The van der Waals surface area contributed by atoms with Crippen molar-refractivity contribution in [2.45, 2.75) is 12.8 Å². The van der Waals surface area contributed by atoms with Crippen LogP contribution in [0, 0.1) is 0 Å². The van der Waals surface area contributed by atoms with Crippen LogP contribution in [0.25, 0.3) is 10.9 Å². The number of H-pyrrole nitrogens is 1. The molecule has 3 N–H and O–H groups in total. The Bertz CT molecular complexity index is 609. The van der Waals surface area contributed by atoms with Gasteiger partial charge in [0, 0.05) is 17.5 Å². The van der Waals surface area contributed by atoms with E-state index in [-0.39, 0.29) is 6.61 Å². The Balaban J connectivity index is 1.91.